The summed E-state index contributed by atoms with van der Waals surface area (Å²) >= 11 is 5.99. The van der Waals surface area contributed by atoms with Crippen LogP contribution < -0.4 is 4.90 Å². The SMILES string of the molecule is CCc1ncnc(N2C3CCC2CC(n2cc(Cl)cn2)C3)c1F. The molecule has 2 aliphatic rings. The number of hydrogen-bond acceptors (Lipinski definition) is 4. The summed E-state index contributed by atoms with van der Waals surface area (Å²) in [5.41, 5.74) is 0.496. The number of hydrogen-bond donors (Lipinski definition) is 0. The smallest absolute Gasteiger partial charge is 0.187 e. The first kappa shape index (κ1) is 14.9. The fourth-order valence-electron chi connectivity index (χ4n) is 4.05. The van der Waals surface area contributed by atoms with Crippen LogP contribution in [0.2, 0.25) is 5.02 Å². The molecule has 7 heteroatoms. The molecule has 4 rings (SSSR count). The van der Waals surface area contributed by atoms with Gasteiger partial charge in [-0.3, -0.25) is 4.68 Å². The quantitative estimate of drug-likeness (QED) is 0.862. The minimum Gasteiger partial charge on any atom is -0.348 e. The Balaban J connectivity index is 1.62. The molecule has 0 spiro atoms. The Hall–Kier alpha value is -1.69. The van der Waals surface area contributed by atoms with Gasteiger partial charge in [-0.1, -0.05) is 18.5 Å². The third kappa shape index (κ3) is 2.49. The highest BCUT2D eigenvalue weighted by atomic mass is 35.5. The number of aromatic nitrogens is 4. The second-order valence-electron chi connectivity index (χ2n) is 6.37. The first-order valence-electron chi connectivity index (χ1n) is 8.14. The normalized spacial score (nSPS) is 26.7. The highest BCUT2D eigenvalue weighted by Gasteiger charge is 2.43. The Labute approximate surface area is 139 Å². The molecular weight excluding hydrogens is 317 g/mol. The van der Waals surface area contributed by atoms with Crippen molar-refractivity contribution < 1.29 is 4.39 Å². The molecule has 0 radical (unpaired) electrons. The van der Waals surface area contributed by atoms with Crippen molar-refractivity contribution in [2.24, 2.45) is 0 Å². The molecule has 0 aromatic carbocycles. The zero-order chi connectivity index (χ0) is 16.0. The maximum Gasteiger partial charge on any atom is 0.187 e. The monoisotopic (exact) mass is 335 g/mol. The molecule has 2 bridgehead atoms. The number of nitrogens with zero attached hydrogens (tertiary/aromatic N) is 5. The van der Waals surface area contributed by atoms with Crippen molar-refractivity contribution in [1.29, 1.82) is 0 Å². The van der Waals surface area contributed by atoms with Gasteiger partial charge < -0.3 is 4.90 Å². The molecule has 4 heterocycles. The summed E-state index contributed by atoms with van der Waals surface area (Å²) in [6, 6.07) is 0.929. The largest absolute Gasteiger partial charge is 0.348 e. The van der Waals surface area contributed by atoms with Crippen molar-refractivity contribution in [3.63, 3.8) is 0 Å². The van der Waals surface area contributed by atoms with Crippen molar-refractivity contribution in [3.8, 4) is 0 Å². The molecule has 0 aliphatic carbocycles. The second-order valence-corrected chi connectivity index (χ2v) is 6.80. The van der Waals surface area contributed by atoms with E-state index in [-0.39, 0.29) is 5.82 Å². The van der Waals surface area contributed by atoms with Crippen molar-refractivity contribution in [3.05, 3.63) is 35.3 Å². The number of rotatable bonds is 3. The Bertz CT molecular complexity index is 704. The number of anilines is 1. The molecule has 0 amide bonds. The number of fused-ring (bicyclic) bond motifs is 2. The summed E-state index contributed by atoms with van der Waals surface area (Å²) in [5.74, 6) is 0.216. The highest BCUT2D eigenvalue weighted by molar-refractivity contribution is 6.30. The van der Waals surface area contributed by atoms with E-state index in [2.05, 4.69) is 20.0 Å². The summed E-state index contributed by atoms with van der Waals surface area (Å²) < 4.78 is 16.6. The lowest BCUT2D eigenvalue weighted by molar-refractivity contribution is 0.311. The second kappa shape index (κ2) is 5.74. The molecule has 23 heavy (non-hydrogen) atoms. The highest BCUT2D eigenvalue weighted by Crippen LogP contribution is 2.43. The van der Waals surface area contributed by atoms with E-state index in [0.29, 0.717) is 41.1 Å². The number of aryl methyl sites for hydroxylation is 1. The third-order valence-electron chi connectivity index (χ3n) is 5.08. The van der Waals surface area contributed by atoms with Gasteiger partial charge in [0.2, 0.25) is 0 Å². The lowest BCUT2D eigenvalue weighted by Crippen LogP contribution is -2.44. The molecule has 0 N–H and O–H groups in total. The van der Waals surface area contributed by atoms with Crippen molar-refractivity contribution >= 4 is 17.4 Å². The maximum atomic E-state index is 14.7. The first-order chi connectivity index (χ1) is 11.2. The molecule has 2 aliphatic heterocycles. The van der Waals surface area contributed by atoms with Crippen LogP contribution in [-0.4, -0.2) is 31.8 Å². The molecule has 2 unspecified atom stereocenters. The molecule has 2 fully saturated rings. The molecule has 122 valence electrons. The average molecular weight is 336 g/mol. The van der Waals surface area contributed by atoms with Crippen LogP contribution in [0.3, 0.4) is 0 Å². The summed E-state index contributed by atoms with van der Waals surface area (Å²) in [4.78, 5) is 10.5. The Morgan fingerprint density at radius 2 is 1.96 bits per heavy atom. The van der Waals surface area contributed by atoms with E-state index >= 15 is 0 Å². The summed E-state index contributed by atoms with van der Waals surface area (Å²) in [6.45, 7) is 1.91. The zero-order valence-electron chi connectivity index (χ0n) is 13.0. The molecule has 0 saturated carbocycles. The van der Waals surface area contributed by atoms with Crippen molar-refractivity contribution in [2.75, 3.05) is 4.90 Å². The van der Waals surface area contributed by atoms with Gasteiger partial charge >= 0.3 is 0 Å². The van der Waals surface area contributed by atoms with E-state index in [1.165, 1.54) is 6.33 Å². The molecule has 2 aromatic heterocycles. The minimum absolute atomic E-state index is 0.257. The standard InChI is InChI=1S/C16H19ClFN5/c1-2-14-15(18)16(20-9-19-14)23-11-3-4-12(23)6-13(5-11)22-8-10(17)7-21-22/h7-9,11-13H,2-6H2,1H3. The fraction of sp³-hybridized carbons (Fsp3) is 0.562. The van der Waals surface area contributed by atoms with Gasteiger partial charge in [0.05, 0.1) is 23.0 Å². The van der Waals surface area contributed by atoms with Gasteiger partial charge in [0.1, 0.15) is 6.33 Å². The van der Waals surface area contributed by atoms with Crippen LogP contribution in [0.15, 0.2) is 18.7 Å². The fourth-order valence-corrected chi connectivity index (χ4v) is 4.19. The van der Waals surface area contributed by atoms with Crippen LogP contribution in [-0.2, 0) is 6.42 Å². The third-order valence-corrected chi connectivity index (χ3v) is 5.27. The minimum atomic E-state index is -0.257. The Kier molecular flexibility index (Phi) is 3.71. The summed E-state index contributed by atoms with van der Waals surface area (Å²) in [6.07, 6.45) is 9.64. The van der Waals surface area contributed by atoms with E-state index in [1.807, 2.05) is 17.8 Å². The van der Waals surface area contributed by atoms with E-state index < -0.39 is 0 Å². The van der Waals surface area contributed by atoms with Crippen LogP contribution >= 0.6 is 11.6 Å². The molecule has 2 atom stereocenters. The van der Waals surface area contributed by atoms with Gasteiger partial charge in [0.25, 0.3) is 0 Å². The van der Waals surface area contributed by atoms with Crippen molar-refractivity contribution in [1.82, 2.24) is 19.7 Å². The molecular formula is C16H19ClFN5. The molecule has 2 aromatic rings. The average Bonchev–Trinajstić information content (AvgIpc) is 3.09. The number of piperidine rings is 1. The predicted molar refractivity (Wildman–Crippen MR) is 86.2 cm³/mol. The van der Waals surface area contributed by atoms with Crippen LogP contribution in [0.4, 0.5) is 10.2 Å². The van der Waals surface area contributed by atoms with Crippen LogP contribution in [0.1, 0.15) is 44.3 Å². The maximum absolute atomic E-state index is 14.7. The predicted octanol–water partition coefficient (Wildman–Crippen LogP) is 3.40. The van der Waals surface area contributed by atoms with Gasteiger partial charge in [-0.2, -0.15) is 5.10 Å². The van der Waals surface area contributed by atoms with Gasteiger partial charge in [0.15, 0.2) is 11.6 Å². The summed E-state index contributed by atoms with van der Waals surface area (Å²) in [5, 5.41) is 5.01. The van der Waals surface area contributed by atoms with E-state index in [4.69, 9.17) is 11.6 Å². The van der Waals surface area contributed by atoms with Gasteiger partial charge in [-0.25, -0.2) is 14.4 Å². The van der Waals surface area contributed by atoms with Crippen LogP contribution in [0.5, 0.6) is 0 Å². The summed E-state index contributed by atoms with van der Waals surface area (Å²) in [7, 11) is 0. The lowest BCUT2D eigenvalue weighted by Gasteiger charge is -2.39. The first-order valence-corrected chi connectivity index (χ1v) is 8.52. The Morgan fingerprint density at radius 3 is 2.57 bits per heavy atom. The van der Waals surface area contributed by atoms with Crippen LogP contribution in [0, 0.1) is 5.82 Å². The Morgan fingerprint density at radius 1 is 1.22 bits per heavy atom. The molecule has 5 nitrogen and oxygen atoms in total. The van der Waals surface area contributed by atoms with Gasteiger partial charge in [0, 0.05) is 18.3 Å². The van der Waals surface area contributed by atoms with Crippen LogP contribution in [0.25, 0.3) is 0 Å². The van der Waals surface area contributed by atoms with E-state index in [9.17, 15) is 4.39 Å². The van der Waals surface area contributed by atoms with E-state index in [0.717, 1.165) is 25.7 Å². The van der Waals surface area contributed by atoms with Crippen molar-refractivity contribution in [2.45, 2.75) is 57.2 Å². The zero-order valence-corrected chi connectivity index (χ0v) is 13.7. The topological polar surface area (TPSA) is 46.8 Å². The molecule has 2 saturated heterocycles. The lowest BCUT2D eigenvalue weighted by atomic mass is 9.97. The van der Waals surface area contributed by atoms with Gasteiger partial charge in [-0.05, 0) is 32.1 Å². The van der Waals surface area contributed by atoms with E-state index in [1.54, 1.807) is 6.20 Å². The number of halogens is 2. The van der Waals surface area contributed by atoms with Gasteiger partial charge in [-0.15, -0.1) is 0 Å².